The van der Waals surface area contributed by atoms with Gasteiger partial charge in [-0.3, -0.25) is 14.6 Å². The van der Waals surface area contributed by atoms with E-state index in [-0.39, 0.29) is 29.4 Å². The van der Waals surface area contributed by atoms with Crippen molar-refractivity contribution in [3.05, 3.63) is 108 Å². The number of aromatic hydroxyl groups is 1. The molecule has 0 spiro atoms. The van der Waals surface area contributed by atoms with E-state index in [2.05, 4.69) is 30.2 Å². The van der Waals surface area contributed by atoms with Gasteiger partial charge in [0.25, 0.3) is 5.91 Å². The molecule has 188 valence electrons. The van der Waals surface area contributed by atoms with Crippen LogP contribution in [-0.4, -0.2) is 59.6 Å². The molecular weight excluding hydrogens is 453 g/mol. The highest BCUT2D eigenvalue weighted by Gasteiger charge is 2.34. The molecule has 6 heteroatoms. The Bertz CT molecular complexity index is 1230. The molecule has 0 radical (unpaired) electrons. The summed E-state index contributed by atoms with van der Waals surface area (Å²) in [4.78, 5) is 19.6. The largest absolute Gasteiger partial charge is 0.508 e. The van der Waals surface area contributed by atoms with Gasteiger partial charge in [0.05, 0.1) is 11.7 Å². The van der Waals surface area contributed by atoms with Gasteiger partial charge in [0.2, 0.25) is 0 Å². The number of anilines is 1. The van der Waals surface area contributed by atoms with Crippen LogP contribution in [0.1, 0.15) is 41.4 Å². The highest BCUT2D eigenvalue weighted by Crippen LogP contribution is 2.35. The third kappa shape index (κ3) is 5.35. The van der Waals surface area contributed by atoms with Crippen molar-refractivity contribution in [2.75, 3.05) is 31.6 Å². The van der Waals surface area contributed by atoms with Crippen LogP contribution in [0.5, 0.6) is 5.75 Å². The topological polar surface area (TPSA) is 47.0 Å². The molecule has 1 saturated heterocycles. The van der Waals surface area contributed by atoms with E-state index in [1.54, 1.807) is 43.4 Å². The molecule has 1 aliphatic rings. The van der Waals surface area contributed by atoms with Gasteiger partial charge in [0.1, 0.15) is 11.6 Å². The number of piperazine rings is 1. The van der Waals surface area contributed by atoms with Gasteiger partial charge in [0.15, 0.2) is 0 Å². The van der Waals surface area contributed by atoms with E-state index in [4.69, 9.17) is 0 Å². The average molecular weight is 488 g/mol. The standard InChI is InChI=1S/C30H34FN3O2/c1-5-16-33-19-22(3)34(20-21(33)2)29(24-11-9-13-26(35)18-24)23-10-8-12-25(17-23)30(36)32(4)28-15-7-6-14-27(28)31/h5-15,17-18,21-22,29,35H,1,16,19-20H2,2-4H3/t21-,22+,29-/m1/s1. The minimum atomic E-state index is -0.442. The van der Waals surface area contributed by atoms with E-state index in [0.717, 1.165) is 30.8 Å². The maximum atomic E-state index is 14.4. The SMILES string of the molecule is C=CCN1C[C@H](C)N([C@@H](c2cccc(O)c2)c2cccc(C(=O)N(C)c3ccccc3F)c2)C[C@H]1C. The molecule has 0 bridgehead atoms. The summed E-state index contributed by atoms with van der Waals surface area (Å²) in [5.74, 6) is -0.522. The van der Waals surface area contributed by atoms with Crippen LogP contribution in [0.3, 0.4) is 0 Å². The van der Waals surface area contributed by atoms with E-state index in [1.807, 2.05) is 36.4 Å². The zero-order chi connectivity index (χ0) is 25.8. The molecule has 36 heavy (non-hydrogen) atoms. The Morgan fingerprint density at radius 1 is 1.06 bits per heavy atom. The summed E-state index contributed by atoms with van der Waals surface area (Å²) in [6, 6.07) is 21.5. The van der Waals surface area contributed by atoms with Crippen LogP contribution in [0, 0.1) is 5.82 Å². The van der Waals surface area contributed by atoms with E-state index >= 15 is 0 Å². The van der Waals surface area contributed by atoms with Crippen molar-refractivity contribution in [2.24, 2.45) is 0 Å². The van der Waals surface area contributed by atoms with Crippen molar-refractivity contribution in [1.82, 2.24) is 9.80 Å². The summed E-state index contributed by atoms with van der Waals surface area (Å²) in [6.07, 6.45) is 1.94. The lowest BCUT2D eigenvalue weighted by molar-refractivity contribution is 0.0306. The molecule has 4 rings (SSSR count). The number of amides is 1. The fourth-order valence-corrected chi connectivity index (χ4v) is 5.14. The number of carbonyl (C=O) groups excluding carboxylic acids is 1. The molecule has 1 N–H and O–H groups in total. The number of nitrogens with zero attached hydrogens (tertiary/aromatic N) is 3. The fourth-order valence-electron chi connectivity index (χ4n) is 5.14. The molecule has 1 fully saturated rings. The first-order valence-corrected chi connectivity index (χ1v) is 12.3. The Morgan fingerprint density at radius 3 is 2.44 bits per heavy atom. The van der Waals surface area contributed by atoms with Gasteiger partial charge in [-0.05, 0) is 61.4 Å². The molecule has 0 aromatic heterocycles. The first-order chi connectivity index (χ1) is 17.3. The number of para-hydroxylation sites is 1. The van der Waals surface area contributed by atoms with Crippen LogP contribution in [-0.2, 0) is 0 Å². The number of benzene rings is 3. The Kier molecular flexibility index (Phi) is 7.87. The summed E-state index contributed by atoms with van der Waals surface area (Å²) in [6.45, 7) is 10.9. The van der Waals surface area contributed by atoms with Crippen molar-refractivity contribution in [3.8, 4) is 5.75 Å². The summed E-state index contributed by atoms with van der Waals surface area (Å²) >= 11 is 0. The summed E-state index contributed by atoms with van der Waals surface area (Å²) in [5, 5.41) is 10.3. The van der Waals surface area contributed by atoms with Gasteiger partial charge < -0.3 is 10.0 Å². The van der Waals surface area contributed by atoms with E-state index in [0.29, 0.717) is 11.6 Å². The molecule has 0 unspecified atom stereocenters. The predicted molar refractivity (Wildman–Crippen MR) is 143 cm³/mol. The Morgan fingerprint density at radius 2 is 1.75 bits per heavy atom. The average Bonchev–Trinajstić information content (AvgIpc) is 2.87. The molecular formula is C30H34FN3O2. The number of hydrogen-bond acceptors (Lipinski definition) is 4. The fraction of sp³-hybridized carbons (Fsp3) is 0.300. The van der Waals surface area contributed by atoms with Gasteiger partial charge >= 0.3 is 0 Å². The Hall–Kier alpha value is -3.48. The monoisotopic (exact) mass is 487 g/mol. The highest BCUT2D eigenvalue weighted by atomic mass is 19.1. The molecule has 1 amide bonds. The smallest absolute Gasteiger partial charge is 0.258 e. The van der Waals surface area contributed by atoms with E-state index in [9.17, 15) is 14.3 Å². The van der Waals surface area contributed by atoms with Crippen molar-refractivity contribution in [1.29, 1.82) is 0 Å². The molecule has 3 atom stereocenters. The first kappa shape index (κ1) is 25.6. The van der Waals surface area contributed by atoms with Gasteiger partial charge in [-0.1, -0.05) is 42.5 Å². The van der Waals surface area contributed by atoms with Gasteiger partial charge in [0, 0.05) is 44.3 Å². The Balaban J connectivity index is 1.72. The third-order valence-electron chi connectivity index (χ3n) is 7.01. The van der Waals surface area contributed by atoms with Crippen molar-refractivity contribution in [3.63, 3.8) is 0 Å². The zero-order valence-electron chi connectivity index (χ0n) is 21.1. The lowest BCUT2D eigenvalue weighted by Crippen LogP contribution is -2.57. The molecule has 5 nitrogen and oxygen atoms in total. The second-order valence-electron chi connectivity index (χ2n) is 9.58. The van der Waals surface area contributed by atoms with Crippen LogP contribution >= 0.6 is 0 Å². The number of hydrogen-bond donors (Lipinski definition) is 1. The summed E-state index contributed by atoms with van der Waals surface area (Å²) < 4.78 is 14.4. The summed E-state index contributed by atoms with van der Waals surface area (Å²) in [5.41, 5.74) is 2.62. The van der Waals surface area contributed by atoms with Crippen LogP contribution in [0.4, 0.5) is 10.1 Å². The molecule has 0 saturated carbocycles. The third-order valence-corrected chi connectivity index (χ3v) is 7.01. The van der Waals surface area contributed by atoms with Crippen molar-refractivity contribution in [2.45, 2.75) is 32.0 Å². The number of halogens is 1. The van der Waals surface area contributed by atoms with Gasteiger partial charge in [-0.25, -0.2) is 4.39 Å². The van der Waals surface area contributed by atoms with Crippen molar-refractivity contribution >= 4 is 11.6 Å². The van der Waals surface area contributed by atoms with Crippen LogP contribution in [0.25, 0.3) is 0 Å². The van der Waals surface area contributed by atoms with E-state index in [1.165, 1.54) is 11.0 Å². The second-order valence-corrected chi connectivity index (χ2v) is 9.58. The van der Waals surface area contributed by atoms with Crippen LogP contribution < -0.4 is 4.90 Å². The quantitative estimate of drug-likeness (QED) is 0.449. The lowest BCUT2D eigenvalue weighted by Gasteiger charge is -2.47. The normalized spacial score (nSPS) is 19.6. The predicted octanol–water partition coefficient (Wildman–Crippen LogP) is 5.48. The number of rotatable bonds is 7. The van der Waals surface area contributed by atoms with Crippen molar-refractivity contribution < 1.29 is 14.3 Å². The van der Waals surface area contributed by atoms with Crippen LogP contribution in [0.15, 0.2) is 85.5 Å². The molecule has 3 aromatic rings. The minimum absolute atomic E-state index is 0.160. The maximum absolute atomic E-state index is 14.4. The number of carbonyl (C=O) groups is 1. The van der Waals surface area contributed by atoms with Gasteiger partial charge in [-0.2, -0.15) is 0 Å². The van der Waals surface area contributed by atoms with E-state index < -0.39 is 5.82 Å². The molecule has 3 aromatic carbocycles. The highest BCUT2D eigenvalue weighted by molar-refractivity contribution is 6.05. The first-order valence-electron chi connectivity index (χ1n) is 12.3. The second kappa shape index (κ2) is 11.1. The summed E-state index contributed by atoms with van der Waals surface area (Å²) in [7, 11) is 1.59. The van der Waals surface area contributed by atoms with Crippen LogP contribution in [0.2, 0.25) is 0 Å². The maximum Gasteiger partial charge on any atom is 0.258 e. The lowest BCUT2D eigenvalue weighted by atomic mass is 9.92. The Labute approximate surface area is 213 Å². The number of phenols is 1. The zero-order valence-corrected chi connectivity index (χ0v) is 21.1. The molecule has 1 heterocycles. The molecule has 0 aliphatic carbocycles. The molecule has 1 aliphatic heterocycles. The van der Waals surface area contributed by atoms with Gasteiger partial charge in [-0.15, -0.1) is 6.58 Å². The minimum Gasteiger partial charge on any atom is -0.508 e. The number of phenolic OH excluding ortho intramolecular Hbond substituents is 1.